The number of hydrogen-bond donors (Lipinski definition) is 2. The molecule has 0 atom stereocenters. The van der Waals surface area contributed by atoms with Gasteiger partial charge in [-0.1, -0.05) is 30.7 Å². The number of nitriles is 1. The molecule has 0 aliphatic heterocycles. The van der Waals surface area contributed by atoms with E-state index in [4.69, 9.17) is 16.9 Å². The Labute approximate surface area is 134 Å². The lowest BCUT2D eigenvalue weighted by molar-refractivity contribution is -0.114. The van der Waals surface area contributed by atoms with Gasteiger partial charge >= 0.3 is 0 Å². The van der Waals surface area contributed by atoms with Crippen molar-refractivity contribution >= 4 is 28.9 Å². The molecule has 0 unspecified atom stereocenters. The fourth-order valence-corrected chi connectivity index (χ4v) is 2.12. The highest BCUT2D eigenvalue weighted by atomic mass is 35.5. The van der Waals surface area contributed by atoms with E-state index in [2.05, 4.69) is 17.6 Å². The number of anilines is 2. The summed E-state index contributed by atoms with van der Waals surface area (Å²) in [6, 6.07) is 14.7. The van der Waals surface area contributed by atoms with Crippen molar-refractivity contribution < 1.29 is 4.79 Å². The Hall–Kier alpha value is -2.51. The normalized spacial score (nSPS) is 9.86. The maximum Gasteiger partial charge on any atom is 0.243 e. The number of hydrogen-bond acceptors (Lipinski definition) is 3. The van der Waals surface area contributed by atoms with Crippen molar-refractivity contribution in [1.82, 2.24) is 0 Å². The van der Waals surface area contributed by atoms with Gasteiger partial charge in [0.1, 0.15) is 6.07 Å². The third-order valence-corrected chi connectivity index (χ3v) is 3.43. The second-order valence-electron chi connectivity index (χ2n) is 4.75. The lowest BCUT2D eigenvalue weighted by atomic mass is 10.1. The van der Waals surface area contributed by atoms with Crippen LogP contribution in [0.15, 0.2) is 42.5 Å². The monoisotopic (exact) mass is 313 g/mol. The molecule has 5 heteroatoms. The highest BCUT2D eigenvalue weighted by Crippen LogP contribution is 2.20. The van der Waals surface area contributed by atoms with E-state index in [1.165, 1.54) is 5.56 Å². The third kappa shape index (κ3) is 4.24. The highest BCUT2D eigenvalue weighted by Gasteiger charge is 2.07. The van der Waals surface area contributed by atoms with E-state index >= 15 is 0 Å². The Morgan fingerprint density at radius 1 is 1.23 bits per heavy atom. The first-order chi connectivity index (χ1) is 10.6. The van der Waals surface area contributed by atoms with Crippen LogP contribution >= 0.6 is 11.6 Å². The van der Waals surface area contributed by atoms with Crippen molar-refractivity contribution in [3.63, 3.8) is 0 Å². The second kappa shape index (κ2) is 7.48. The Kier molecular flexibility index (Phi) is 5.40. The van der Waals surface area contributed by atoms with Crippen LogP contribution in [-0.2, 0) is 11.2 Å². The van der Waals surface area contributed by atoms with Crippen molar-refractivity contribution in [1.29, 1.82) is 5.26 Å². The van der Waals surface area contributed by atoms with Crippen molar-refractivity contribution in [3.05, 3.63) is 58.6 Å². The molecule has 0 aromatic heterocycles. The second-order valence-corrected chi connectivity index (χ2v) is 5.19. The van der Waals surface area contributed by atoms with Crippen molar-refractivity contribution in [2.45, 2.75) is 13.3 Å². The van der Waals surface area contributed by atoms with Gasteiger partial charge in [0.15, 0.2) is 0 Å². The molecule has 2 rings (SSSR count). The maximum absolute atomic E-state index is 12.0. The Bertz CT molecular complexity index is 705. The van der Waals surface area contributed by atoms with E-state index in [-0.39, 0.29) is 12.5 Å². The molecular weight excluding hydrogens is 298 g/mol. The predicted molar refractivity (Wildman–Crippen MR) is 89.1 cm³/mol. The molecule has 22 heavy (non-hydrogen) atoms. The number of amides is 1. The fraction of sp³-hybridized carbons (Fsp3) is 0.176. The molecule has 0 fully saturated rings. The van der Waals surface area contributed by atoms with Crippen LogP contribution in [-0.4, -0.2) is 12.5 Å². The van der Waals surface area contributed by atoms with Gasteiger partial charge in [-0.15, -0.1) is 0 Å². The molecule has 0 spiro atoms. The number of nitrogens with one attached hydrogen (secondary N) is 2. The molecule has 1 amide bonds. The number of aryl methyl sites for hydroxylation is 1. The number of carbonyl (C=O) groups excluding carboxylic acids is 1. The highest BCUT2D eigenvalue weighted by molar-refractivity contribution is 6.31. The summed E-state index contributed by atoms with van der Waals surface area (Å²) < 4.78 is 0. The van der Waals surface area contributed by atoms with Crippen molar-refractivity contribution in [2.24, 2.45) is 0 Å². The van der Waals surface area contributed by atoms with Crippen LogP contribution in [0.2, 0.25) is 5.02 Å². The van der Waals surface area contributed by atoms with Crippen LogP contribution in [0.1, 0.15) is 18.1 Å². The van der Waals surface area contributed by atoms with Gasteiger partial charge in [0.2, 0.25) is 5.91 Å². The zero-order chi connectivity index (χ0) is 15.9. The standard InChI is InChI=1S/C17H16ClN3O/c1-2-12-3-7-15(8-4-12)20-11-17(22)21-16-9-14(18)6-5-13(16)10-19/h3-9,20H,2,11H2,1H3,(H,21,22). The zero-order valence-corrected chi connectivity index (χ0v) is 12.9. The number of benzene rings is 2. The van der Waals surface area contributed by atoms with Gasteiger partial charge in [-0.25, -0.2) is 0 Å². The van der Waals surface area contributed by atoms with Gasteiger partial charge in [0, 0.05) is 10.7 Å². The molecule has 0 heterocycles. The van der Waals surface area contributed by atoms with Crippen LogP contribution < -0.4 is 10.6 Å². The van der Waals surface area contributed by atoms with Gasteiger partial charge in [0.05, 0.1) is 17.8 Å². The summed E-state index contributed by atoms with van der Waals surface area (Å²) in [4.78, 5) is 12.0. The minimum Gasteiger partial charge on any atom is -0.376 e. The molecule has 0 bridgehead atoms. The molecule has 0 aliphatic rings. The Morgan fingerprint density at radius 3 is 2.59 bits per heavy atom. The van der Waals surface area contributed by atoms with Crippen LogP contribution in [0, 0.1) is 11.3 Å². The van der Waals surface area contributed by atoms with Crippen LogP contribution in [0.3, 0.4) is 0 Å². The molecule has 0 aliphatic carbocycles. The van der Waals surface area contributed by atoms with Gasteiger partial charge in [-0.3, -0.25) is 4.79 Å². The smallest absolute Gasteiger partial charge is 0.243 e. The molecule has 0 saturated heterocycles. The zero-order valence-electron chi connectivity index (χ0n) is 12.2. The fourth-order valence-electron chi connectivity index (χ4n) is 1.95. The topological polar surface area (TPSA) is 64.9 Å². The average molecular weight is 314 g/mol. The molecular formula is C17H16ClN3O. The largest absolute Gasteiger partial charge is 0.376 e. The van der Waals surface area contributed by atoms with Crippen molar-refractivity contribution in [3.8, 4) is 6.07 Å². The summed E-state index contributed by atoms with van der Waals surface area (Å²) in [6.45, 7) is 2.20. The van der Waals surface area contributed by atoms with E-state index in [0.29, 0.717) is 16.3 Å². The van der Waals surface area contributed by atoms with Crippen molar-refractivity contribution in [2.75, 3.05) is 17.2 Å². The van der Waals surface area contributed by atoms with Crippen LogP contribution in [0.25, 0.3) is 0 Å². The average Bonchev–Trinajstić information content (AvgIpc) is 2.53. The molecule has 112 valence electrons. The molecule has 0 radical (unpaired) electrons. The van der Waals surface area contributed by atoms with Gasteiger partial charge in [-0.2, -0.15) is 5.26 Å². The van der Waals surface area contributed by atoms with E-state index in [9.17, 15) is 4.79 Å². The summed E-state index contributed by atoms with van der Waals surface area (Å²) >= 11 is 5.88. The summed E-state index contributed by atoms with van der Waals surface area (Å²) in [6.07, 6.45) is 0.979. The number of halogens is 1. The molecule has 2 aromatic carbocycles. The molecule has 2 aromatic rings. The predicted octanol–water partition coefficient (Wildman–Crippen LogP) is 3.82. The van der Waals surface area contributed by atoms with E-state index < -0.39 is 0 Å². The van der Waals surface area contributed by atoms with E-state index in [1.54, 1.807) is 18.2 Å². The minimum atomic E-state index is -0.238. The SMILES string of the molecule is CCc1ccc(NCC(=O)Nc2cc(Cl)ccc2C#N)cc1. The lowest BCUT2D eigenvalue weighted by Gasteiger charge is -2.09. The summed E-state index contributed by atoms with van der Waals surface area (Å²) in [7, 11) is 0. The first-order valence-electron chi connectivity index (χ1n) is 6.94. The third-order valence-electron chi connectivity index (χ3n) is 3.19. The lowest BCUT2D eigenvalue weighted by Crippen LogP contribution is -2.22. The quantitative estimate of drug-likeness (QED) is 0.881. The Balaban J connectivity index is 1.95. The molecule has 4 nitrogen and oxygen atoms in total. The summed E-state index contributed by atoms with van der Waals surface area (Å²) in [5.41, 5.74) is 2.92. The molecule has 2 N–H and O–H groups in total. The van der Waals surface area contributed by atoms with Gasteiger partial charge in [-0.05, 0) is 42.3 Å². The maximum atomic E-state index is 12.0. The first-order valence-corrected chi connectivity index (χ1v) is 7.32. The number of carbonyl (C=O) groups is 1. The molecule has 0 saturated carbocycles. The van der Waals surface area contributed by atoms with Gasteiger partial charge < -0.3 is 10.6 Å². The van der Waals surface area contributed by atoms with Crippen LogP contribution in [0.4, 0.5) is 11.4 Å². The summed E-state index contributed by atoms with van der Waals surface area (Å²) in [5.74, 6) is -0.238. The van der Waals surface area contributed by atoms with Crippen LogP contribution in [0.5, 0.6) is 0 Å². The minimum absolute atomic E-state index is 0.114. The first kappa shape index (κ1) is 15.9. The summed E-state index contributed by atoms with van der Waals surface area (Å²) in [5, 5.41) is 15.2. The Morgan fingerprint density at radius 2 is 1.95 bits per heavy atom. The number of rotatable bonds is 5. The van der Waals surface area contributed by atoms with Gasteiger partial charge in [0.25, 0.3) is 0 Å². The van der Waals surface area contributed by atoms with E-state index in [0.717, 1.165) is 12.1 Å². The van der Waals surface area contributed by atoms with E-state index in [1.807, 2.05) is 30.3 Å². The number of nitrogens with zero attached hydrogens (tertiary/aromatic N) is 1.